The van der Waals surface area contributed by atoms with Crippen LogP contribution < -0.4 is 10.9 Å². The number of aromatic nitrogens is 3. The fourth-order valence-corrected chi connectivity index (χ4v) is 5.50. The first-order valence-electron chi connectivity index (χ1n) is 10.4. The summed E-state index contributed by atoms with van der Waals surface area (Å²) in [7, 11) is 0. The zero-order valence-corrected chi connectivity index (χ0v) is 17.8. The van der Waals surface area contributed by atoms with E-state index >= 15 is 0 Å². The van der Waals surface area contributed by atoms with Crippen LogP contribution in [0.15, 0.2) is 59.8 Å². The molecule has 1 unspecified atom stereocenters. The van der Waals surface area contributed by atoms with Gasteiger partial charge in [0, 0.05) is 23.7 Å². The SMILES string of the molecule is Cc1cccc(CNC2CCc3c(sc4ncn(Cc5ccccn5)c(=O)c34)C2)c1. The predicted molar refractivity (Wildman–Crippen MR) is 121 cm³/mol. The standard InChI is InChI=1S/C24H24N4OS/c1-16-5-4-6-17(11-16)13-26-18-8-9-20-21(12-18)30-23-22(20)24(29)28(15-27-23)14-19-7-2-3-10-25-19/h2-7,10-11,15,18,26H,8-9,12-14H2,1H3. The lowest BCUT2D eigenvalue weighted by atomic mass is 9.93. The zero-order chi connectivity index (χ0) is 20.5. The lowest BCUT2D eigenvalue weighted by Crippen LogP contribution is -2.33. The Bertz CT molecular complexity index is 1250. The molecule has 0 saturated heterocycles. The molecule has 3 aromatic heterocycles. The van der Waals surface area contributed by atoms with Gasteiger partial charge in [-0.15, -0.1) is 11.3 Å². The summed E-state index contributed by atoms with van der Waals surface area (Å²) in [6, 6.07) is 14.8. The Morgan fingerprint density at radius 3 is 2.97 bits per heavy atom. The molecule has 6 heteroatoms. The molecule has 152 valence electrons. The Hall–Kier alpha value is -2.83. The molecule has 1 N–H and O–H groups in total. The van der Waals surface area contributed by atoms with Gasteiger partial charge in [0.1, 0.15) is 4.83 Å². The summed E-state index contributed by atoms with van der Waals surface area (Å²) in [4.78, 5) is 24.3. The largest absolute Gasteiger partial charge is 0.310 e. The highest BCUT2D eigenvalue weighted by molar-refractivity contribution is 7.18. The highest BCUT2D eigenvalue weighted by atomic mass is 32.1. The number of benzene rings is 1. The van der Waals surface area contributed by atoms with Gasteiger partial charge in [-0.25, -0.2) is 4.98 Å². The quantitative estimate of drug-likeness (QED) is 0.537. The van der Waals surface area contributed by atoms with E-state index in [1.807, 2.05) is 18.2 Å². The number of hydrogen-bond acceptors (Lipinski definition) is 5. The Kier molecular flexibility index (Phi) is 5.19. The summed E-state index contributed by atoms with van der Waals surface area (Å²) >= 11 is 1.68. The molecule has 0 radical (unpaired) electrons. The van der Waals surface area contributed by atoms with E-state index in [4.69, 9.17) is 0 Å². The van der Waals surface area contributed by atoms with Gasteiger partial charge in [-0.1, -0.05) is 35.9 Å². The molecule has 0 amide bonds. The molecular weight excluding hydrogens is 392 g/mol. The molecule has 30 heavy (non-hydrogen) atoms. The van der Waals surface area contributed by atoms with Crippen molar-refractivity contribution in [3.63, 3.8) is 0 Å². The molecular formula is C24H24N4OS. The number of fused-ring (bicyclic) bond motifs is 3. The average molecular weight is 417 g/mol. The molecule has 0 saturated carbocycles. The second kappa shape index (κ2) is 8.13. The Balaban J connectivity index is 1.36. The van der Waals surface area contributed by atoms with Gasteiger partial charge in [-0.05, 0) is 49.4 Å². The maximum atomic E-state index is 13.2. The Labute approximate surface area is 179 Å². The number of nitrogens with one attached hydrogen (secondary N) is 1. The molecule has 3 heterocycles. The molecule has 0 aliphatic heterocycles. The minimum atomic E-state index is 0.0503. The lowest BCUT2D eigenvalue weighted by Gasteiger charge is -2.23. The fourth-order valence-electron chi connectivity index (χ4n) is 4.24. The minimum absolute atomic E-state index is 0.0503. The molecule has 1 aliphatic carbocycles. The van der Waals surface area contributed by atoms with Crippen LogP contribution >= 0.6 is 11.3 Å². The van der Waals surface area contributed by atoms with Crippen molar-refractivity contribution in [2.45, 2.75) is 45.3 Å². The Morgan fingerprint density at radius 2 is 2.13 bits per heavy atom. The summed E-state index contributed by atoms with van der Waals surface area (Å²) in [6.07, 6.45) is 6.34. The highest BCUT2D eigenvalue weighted by Crippen LogP contribution is 2.33. The van der Waals surface area contributed by atoms with Crippen molar-refractivity contribution in [1.82, 2.24) is 19.9 Å². The van der Waals surface area contributed by atoms with Crippen molar-refractivity contribution in [2.24, 2.45) is 0 Å². The van der Waals surface area contributed by atoms with Gasteiger partial charge in [0.25, 0.3) is 5.56 Å². The fraction of sp³-hybridized carbons (Fsp3) is 0.292. The van der Waals surface area contributed by atoms with Crippen molar-refractivity contribution >= 4 is 21.6 Å². The Morgan fingerprint density at radius 1 is 1.20 bits per heavy atom. The molecule has 5 nitrogen and oxygen atoms in total. The summed E-state index contributed by atoms with van der Waals surface area (Å²) in [5.41, 5.74) is 4.73. The summed E-state index contributed by atoms with van der Waals surface area (Å²) in [5.74, 6) is 0. The van der Waals surface area contributed by atoms with Crippen molar-refractivity contribution < 1.29 is 0 Å². The summed E-state index contributed by atoms with van der Waals surface area (Å²) in [5, 5.41) is 4.51. The maximum absolute atomic E-state index is 13.2. The van der Waals surface area contributed by atoms with E-state index in [0.29, 0.717) is 12.6 Å². The number of rotatable bonds is 5. The first kappa shape index (κ1) is 19.2. The third-order valence-corrected chi connectivity index (χ3v) is 6.93. The van der Waals surface area contributed by atoms with Gasteiger partial charge in [0.2, 0.25) is 0 Å². The smallest absolute Gasteiger partial charge is 0.262 e. The van der Waals surface area contributed by atoms with Gasteiger partial charge in [0.15, 0.2) is 0 Å². The van der Waals surface area contributed by atoms with Gasteiger partial charge < -0.3 is 5.32 Å². The van der Waals surface area contributed by atoms with Crippen LogP contribution in [0.3, 0.4) is 0 Å². The predicted octanol–water partition coefficient (Wildman–Crippen LogP) is 3.86. The van der Waals surface area contributed by atoms with E-state index in [-0.39, 0.29) is 5.56 Å². The monoisotopic (exact) mass is 416 g/mol. The van der Waals surface area contributed by atoms with Crippen LogP contribution in [0, 0.1) is 6.92 Å². The second-order valence-corrected chi connectivity index (χ2v) is 9.08. The second-order valence-electron chi connectivity index (χ2n) is 7.99. The van der Waals surface area contributed by atoms with Crippen molar-refractivity contribution in [3.05, 3.63) is 92.6 Å². The van der Waals surface area contributed by atoms with Crippen molar-refractivity contribution in [3.8, 4) is 0 Å². The summed E-state index contributed by atoms with van der Waals surface area (Å²) < 4.78 is 1.68. The van der Waals surface area contributed by atoms with Crippen LogP contribution in [0.2, 0.25) is 0 Å². The van der Waals surface area contributed by atoms with E-state index < -0.39 is 0 Å². The minimum Gasteiger partial charge on any atom is -0.310 e. The van der Waals surface area contributed by atoms with E-state index in [2.05, 4.69) is 46.5 Å². The van der Waals surface area contributed by atoms with Crippen LogP contribution in [0.5, 0.6) is 0 Å². The molecule has 1 aliphatic rings. The first-order chi connectivity index (χ1) is 14.7. The molecule has 4 aromatic rings. The first-order valence-corrected chi connectivity index (χ1v) is 11.2. The van der Waals surface area contributed by atoms with Crippen molar-refractivity contribution in [2.75, 3.05) is 0 Å². The molecule has 5 rings (SSSR count). The normalized spacial score (nSPS) is 16.0. The van der Waals surface area contributed by atoms with Crippen LogP contribution in [0.4, 0.5) is 0 Å². The number of pyridine rings is 1. The average Bonchev–Trinajstić information content (AvgIpc) is 3.13. The van der Waals surface area contributed by atoms with E-state index in [1.165, 1.54) is 21.6 Å². The van der Waals surface area contributed by atoms with Crippen LogP contribution in [0.25, 0.3) is 10.2 Å². The van der Waals surface area contributed by atoms with Crippen LogP contribution in [0.1, 0.15) is 33.7 Å². The van der Waals surface area contributed by atoms with Gasteiger partial charge >= 0.3 is 0 Å². The van der Waals surface area contributed by atoms with Gasteiger partial charge in [-0.2, -0.15) is 0 Å². The maximum Gasteiger partial charge on any atom is 0.262 e. The van der Waals surface area contributed by atoms with Crippen LogP contribution in [-0.4, -0.2) is 20.6 Å². The molecule has 0 spiro atoms. The van der Waals surface area contributed by atoms with Crippen LogP contribution in [-0.2, 0) is 25.9 Å². The molecule has 0 fully saturated rings. The van der Waals surface area contributed by atoms with Crippen molar-refractivity contribution in [1.29, 1.82) is 0 Å². The topological polar surface area (TPSA) is 59.8 Å². The number of thiophene rings is 1. The summed E-state index contributed by atoms with van der Waals surface area (Å²) in [6.45, 7) is 3.46. The van der Waals surface area contributed by atoms with Gasteiger partial charge in [0.05, 0.1) is 24.0 Å². The third kappa shape index (κ3) is 3.80. The van der Waals surface area contributed by atoms with E-state index in [1.54, 1.807) is 28.4 Å². The lowest BCUT2D eigenvalue weighted by molar-refractivity contribution is 0.462. The van der Waals surface area contributed by atoms with E-state index in [0.717, 1.165) is 41.7 Å². The number of hydrogen-bond donors (Lipinski definition) is 1. The zero-order valence-electron chi connectivity index (χ0n) is 17.0. The highest BCUT2D eigenvalue weighted by Gasteiger charge is 2.25. The van der Waals surface area contributed by atoms with E-state index in [9.17, 15) is 4.79 Å². The van der Waals surface area contributed by atoms with Gasteiger partial charge in [-0.3, -0.25) is 14.3 Å². The number of aryl methyl sites for hydroxylation is 2. The molecule has 1 atom stereocenters. The third-order valence-electron chi connectivity index (χ3n) is 5.77. The molecule has 0 bridgehead atoms. The molecule has 1 aromatic carbocycles. The number of nitrogens with zero attached hydrogens (tertiary/aromatic N) is 3.